The molecule has 0 radical (unpaired) electrons. The highest BCUT2D eigenvalue weighted by atomic mass is 127. The zero-order valence-corrected chi connectivity index (χ0v) is 12.5. The highest BCUT2D eigenvalue weighted by Gasteiger charge is 2.08. The molecule has 20 heavy (non-hydrogen) atoms. The molecule has 0 atom stereocenters. The van der Waals surface area contributed by atoms with Crippen LogP contribution in [0.15, 0.2) is 53.7 Å². The second-order valence-electron chi connectivity index (χ2n) is 4.03. The average Bonchev–Trinajstić information content (AvgIpc) is 2.49. The van der Waals surface area contributed by atoms with E-state index in [1.165, 1.54) is 0 Å². The van der Waals surface area contributed by atoms with Gasteiger partial charge in [-0.25, -0.2) is 0 Å². The van der Waals surface area contributed by atoms with Gasteiger partial charge >= 0.3 is 0 Å². The van der Waals surface area contributed by atoms with Crippen molar-refractivity contribution in [2.75, 3.05) is 5.32 Å². The third-order valence-electron chi connectivity index (χ3n) is 2.63. The van der Waals surface area contributed by atoms with Crippen LogP contribution >= 0.6 is 22.6 Å². The number of nitrogens with two attached hydrogens (primary N) is 1. The van der Waals surface area contributed by atoms with Crippen molar-refractivity contribution in [2.45, 2.75) is 0 Å². The Hall–Kier alpha value is -2.09. The van der Waals surface area contributed by atoms with E-state index >= 15 is 0 Å². The Balaban J connectivity index is 2.19. The Morgan fingerprint density at radius 3 is 2.45 bits per heavy atom. The first-order chi connectivity index (χ1) is 9.60. The number of amides is 1. The van der Waals surface area contributed by atoms with Crippen LogP contribution in [-0.2, 0) is 0 Å². The van der Waals surface area contributed by atoms with Gasteiger partial charge in [0.2, 0.25) is 0 Å². The Kier molecular flexibility index (Phi) is 4.57. The predicted octanol–water partition coefficient (Wildman–Crippen LogP) is 2.64. The molecule has 0 aliphatic carbocycles. The molecule has 0 aliphatic heterocycles. The minimum atomic E-state index is -0.251. The number of nitrogens with zero attached hydrogens (tertiary/aromatic N) is 1. The Morgan fingerprint density at radius 2 is 1.80 bits per heavy atom. The molecule has 0 fully saturated rings. The molecule has 0 saturated carbocycles. The first-order valence-corrected chi connectivity index (χ1v) is 6.83. The number of benzene rings is 2. The van der Waals surface area contributed by atoms with Gasteiger partial charge in [0.1, 0.15) is 0 Å². The van der Waals surface area contributed by atoms with Crippen molar-refractivity contribution in [1.29, 1.82) is 0 Å². The fourth-order valence-electron chi connectivity index (χ4n) is 1.61. The first kappa shape index (κ1) is 14.3. The molecule has 102 valence electrons. The predicted molar refractivity (Wildman–Crippen MR) is 86.1 cm³/mol. The maximum Gasteiger partial charge on any atom is 0.255 e. The van der Waals surface area contributed by atoms with Crippen molar-refractivity contribution in [3.63, 3.8) is 0 Å². The highest BCUT2D eigenvalue weighted by Crippen LogP contribution is 2.13. The van der Waals surface area contributed by atoms with Crippen LogP contribution in [0.1, 0.15) is 15.9 Å². The van der Waals surface area contributed by atoms with E-state index in [-0.39, 0.29) is 11.7 Å². The van der Waals surface area contributed by atoms with Crippen molar-refractivity contribution < 1.29 is 10.0 Å². The van der Waals surface area contributed by atoms with Crippen LogP contribution in [0.25, 0.3) is 0 Å². The first-order valence-electron chi connectivity index (χ1n) is 5.75. The maximum atomic E-state index is 12.1. The Bertz CT molecular complexity index is 654. The summed E-state index contributed by atoms with van der Waals surface area (Å²) in [6.07, 6.45) is 0. The number of carbonyl (C=O) groups excluding carboxylic acids is 1. The summed E-state index contributed by atoms with van der Waals surface area (Å²) < 4.78 is 1.09. The van der Waals surface area contributed by atoms with Crippen molar-refractivity contribution in [3.05, 3.63) is 63.2 Å². The van der Waals surface area contributed by atoms with E-state index in [1.54, 1.807) is 24.3 Å². The van der Waals surface area contributed by atoms with Gasteiger partial charge in [-0.1, -0.05) is 17.3 Å². The van der Waals surface area contributed by atoms with Gasteiger partial charge in [-0.3, -0.25) is 4.79 Å². The topological polar surface area (TPSA) is 87.7 Å². The molecule has 0 heterocycles. The van der Waals surface area contributed by atoms with Crippen LogP contribution in [0.3, 0.4) is 0 Å². The lowest BCUT2D eigenvalue weighted by molar-refractivity contribution is 0.102. The standard InChI is InChI=1S/C14H12IN3O2/c15-11-4-6-12(7-5-11)17-14(19)10-3-1-2-9(8-10)13(16)18-20/h1-8,20H,(H2,16,18)(H,17,19). The van der Waals surface area contributed by atoms with Gasteiger partial charge in [0.25, 0.3) is 5.91 Å². The van der Waals surface area contributed by atoms with E-state index in [0.29, 0.717) is 16.8 Å². The Labute approximate surface area is 129 Å². The Morgan fingerprint density at radius 1 is 1.15 bits per heavy atom. The van der Waals surface area contributed by atoms with Crippen LogP contribution in [0.2, 0.25) is 0 Å². The summed E-state index contributed by atoms with van der Waals surface area (Å²) >= 11 is 2.19. The summed E-state index contributed by atoms with van der Waals surface area (Å²) in [6, 6.07) is 14.0. The van der Waals surface area contributed by atoms with Crippen molar-refractivity contribution in [2.24, 2.45) is 10.9 Å². The number of hydrogen-bond acceptors (Lipinski definition) is 3. The van der Waals surface area contributed by atoms with Gasteiger partial charge in [-0.15, -0.1) is 0 Å². The van der Waals surface area contributed by atoms with Gasteiger partial charge < -0.3 is 16.3 Å². The third kappa shape index (κ3) is 3.47. The van der Waals surface area contributed by atoms with Crippen LogP contribution in [0.5, 0.6) is 0 Å². The molecule has 0 unspecified atom stereocenters. The number of amidine groups is 1. The molecule has 2 aromatic rings. The molecule has 5 nitrogen and oxygen atoms in total. The maximum absolute atomic E-state index is 12.1. The second-order valence-corrected chi connectivity index (χ2v) is 5.27. The number of hydrogen-bond donors (Lipinski definition) is 3. The summed E-state index contributed by atoms with van der Waals surface area (Å²) in [4.78, 5) is 12.1. The van der Waals surface area contributed by atoms with Crippen LogP contribution in [-0.4, -0.2) is 17.0 Å². The molecule has 0 saturated heterocycles. The minimum absolute atomic E-state index is 0.0334. The van der Waals surface area contributed by atoms with Crippen molar-refractivity contribution in [3.8, 4) is 0 Å². The van der Waals surface area contributed by atoms with Crippen molar-refractivity contribution >= 4 is 40.0 Å². The summed E-state index contributed by atoms with van der Waals surface area (Å²) in [7, 11) is 0. The number of rotatable bonds is 3. The smallest absolute Gasteiger partial charge is 0.255 e. The van der Waals surface area contributed by atoms with E-state index < -0.39 is 0 Å². The van der Waals surface area contributed by atoms with Crippen LogP contribution in [0, 0.1) is 3.57 Å². The quantitative estimate of drug-likeness (QED) is 0.251. The van der Waals surface area contributed by atoms with Crippen LogP contribution < -0.4 is 11.1 Å². The largest absolute Gasteiger partial charge is 0.409 e. The molecule has 0 aromatic heterocycles. The highest BCUT2D eigenvalue weighted by molar-refractivity contribution is 14.1. The van der Waals surface area contributed by atoms with E-state index in [1.807, 2.05) is 24.3 Å². The summed E-state index contributed by atoms with van der Waals surface area (Å²) in [5.41, 5.74) is 7.14. The molecular weight excluding hydrogens is 369 g/mol. The summed E-state index contributed by atoms with van der Waals surface area (Å²) in [5.74, 6) is -0.285. The van der Waals surface area contributed by atoms with E-state index in [9.17, 15) is 4.79 Å². The normalized spacial score (nSPS) is 11.2. The molecule has 6 heteroatoms. The van der Waals surface area contributed by atoms with Gasteiger partial charge in [-0.05, 0) is 59.0 Å². The molecule has 1 amide bonds. The van der Waals surface area contributed by atoms with Gasteiger partial charge in [0, 0.05) is 20.4 Å². The number of carbonyl (C=O) groups is 1. The van der Waals surface area contributed by atoms with E-state index in [4.69, 9.17) is 10.9 Å². The number of nitrogens with one attached hydrogen (secondary N) is 1. The molecule has 2 rings (SSSR count). The molecule has 0 aliphatic rings. The van der Waals surface area contributed by atoms with Gasteiger partial charge in [0.15, 0.2) is 5.84 Å². The number of anilines is 1. The lowest BCUT2D eigenvalue weighted by Crippen LogP contribution is -2.16. The second kappa shape index (κ2) is 6.38. The fourth-order valence-corrected chi connectivity index (χ4v) is 1.97. The third-order valence-corrected chi connectivity index (χ3v) is 3.35. The minimum Gasteiger partial charge on any atom is -0.409 e. The fraction of sp³-hybridized carbons (Fsp3) is 0. The molecule has 4 N–H and O–H groups in total. The van der Waals surface area contributed by atoms with Crippen LogP contribution in [0.4, 0.5) is 5.69 Å². The summed E-state index contributed by atoms with van der Waals surface area (Å²) in [6.45, 7) is 0. The molecular formula is C14H12IN3O2. The monoisotopic (exact) mass is 381 g/mol. The SMILES string of the molecule is N/C(=N\O)c1cccc(C(=O)Nc2ccc(I)cc2)c1. The number of halogens is 1. The van der Waals surface area contributed by atoms with Gasteiger partial charge in [0.05, 0.1) is 0 Å². The molecule has 2 aromatic carbocycles. The molecule has 0 bridgehead atoms. The van der Waals surface area contributed by atoms with Crippen molar-refractivity contribution in [1.82, 2.24) is 0 Å². The summed E-state index contributed by atoms with van der Waals surface area (Å²) in [5, 5.41) is 14.3. The zero-order valence-electron chi connectivity index (χ0n) is 10.4. The zero-order chi connectivity index (χ0) is 14.5. The van der Waals surface area contributed by atoms with Gasteiger partial charge in [-0.2, -0.15) is 0 Å². The number of oxime groups is 1. The van der Waals surface area contributed by atoms with E-state index in [0.717, 1.165) is 3.57 Å². The average molecular weight is 381 g/mol. The molecule has 0 spiro atoms. The lowest BCUT2D eigenvalue weighted by Gasteiger charge is -2.06. The van der Waals surface area contributed by atoms with E-state index in [2.05, 4.69) is 33.1 Å². The lowest BCUT2D eigenvalue weighted by atomic mass is 10.1.